The van der Waals surface area contributed by atoms with Gasteiger partial charge in [0.25, 0.3) is 0 Å². The Balaban J connectivity index is 1.48. The van der Waals surface area contributed by atoms with Crippen LogP contribution in [0, 0.1) is 57.8 Å². The molecule has 9 rings (SSSR count). The smallest absolute Gasteiger partial charge is 0.0737 e. The first-order valence-corrected chi connectivity index (χ1v) is 18.8. The van der Waals surface area contributed by atoms with Crippen molar-refractivity contribution in [1.29, 1.82) is 0 Å². The predicted octanol–water partition coefficient (Wildman–Crippen LogP) is 12.2. The summed E-state index contributed by atoms with van der Waals surface area (Å²) in [4.78, 5) is 18.5. The minimum absolute atomic E-state index is 0.806. The second-order valence-electron chi connectivity index (χ2n) is 14.4. The minimum atomic E-state index is 0.806. The zero-order valence-corrected chi connectivity index (χ0v) is 31.8. The zero-order chi connectivity index (χ0) is 39.2. The highest BCUT2D eigenvalue weighted by Gasteiger charge is 2.20. The van der Waals surface area contributed by atoms with Crippen LogP contribution in [0.4, 0.5) is 0 Å². The van der Waals surface area contributed by atoms with Gasteiger partial charge in [0.05, 0.1) is 22.8 Å². The molecule has 7 aromatic rings. The molecule has 3 aromatic heterocycles. The Kier molecular flexibility index (Phi) is 8.63. The molecule has 8 bridgehead atoms. The Bertz CT molecular complexity index is 3060. The van der Waals surface area contributed by atoms with Gasteiger partial charge < -0.3 is 9.97 Å². The number of fused-ring (bicyclic) bond motifs is 8. The van der Waals surface area contributed by atoms with E-state index >= 15 is 0 Å². The summed E-state index contributed by atoms with van der Waals surface area (Å²) in [6.45, 7) is 6.49. The minimum Gasteiger partial charge on any atom is -0.354 e. The van der Waals surface area contributed by atoms with Crippen LogP contribution in [0.2, 0.25) is 0 Å². The van der Waals surface area contributed by atoms with Gasteiger partial charge in [0.1, 0.15) is 0 Å². The molecule has 4 aromatic carbocycles. The van der Waals surface area contributed by atoms with Crippen LogP contribution in [0.1, 0.15) is 56.2 Å². The summed E-state index contributed by atoms with van der Waals surface area (Å²) in [6.07, 6.45) is 25.8. The van der Waals surface area contributed by atoms with Crippen LogP contribution in [0.25, 0.3) is 90.9 Å². The predicted molar refractivity (Wildman–Crippen MR) is 239 cm³/mol. The van der Waals surface area contributed by atoms with Crippen LogP contribution < -0.4 is 0 Å². The lowest BCUT2D eigenvalue weighted by Gasteiger charge is -2.13. The van der Waals surface area contributed by atoms with Crippen LogP contribution in [0.3, 0.4) is 0 Å². The summed E-state index contributed by atoms with van der Waals surface area (Å²) < 4.78 is 0. The van der Waals surface area contributed by atoms with E-state index in [1.165, 1.54) is 16.7 Å². The number of aromatic nitrogens is 4. The van der Waals surface area contributed by atoms with E-state index in [1.54, 1.807) is 0 Å². The summed E-state index contributed by atoms with van der Waals surface area (Å²) in [5, 5.41) is 0. The number of hydrogen-bond donors (Lipinski definition) is 2. The second kappa shape index (κ2) is 14.1. The Morgan fingerprint density at radius 3 is 1.00 bits per heavy atom. The van der Waals surface area contributed by atoms with Crippen molar-refractivity contribution < 1.29 is 0 Å². The molecule has 2 aliphatic heterocycles. The van der Waals surface area contributed by atoms with Crippen LogP contribution >= 0.6 is 0 Å². The SMILES string of the molecule is C#Cc1ccc(-c2c3nc(c(-c4ccc(C#C)cc4)c4ccc([nH]4)c(-c4c(C)cc(C)cc4C)c4nc(c(-c5ccc(C#C)cc5)c5ccc2[nH]5)C=C4)C=C3)cc1. The molecule has 0 radical (unpaired) electrons. The number of H-pyrrole nitrogens is 2. The molecular formula is C53H36N4. The molecule has 4 heteroatoms. The molecule has 0 atom stereocenters. The van der Waals surface area contributed by atoms with Crippen LogP contribution in [-0.2, 0) is 0 Å². The zero-order valence-electron chi connectivity index (χ0n) is 31.8. The maximum atomic E-state index is 5.79. The molecule has 2 N–H and O–H groups in total. The lowest BCUT2D eigenvalue weighted by atomic mass is 9.92. The molecule has 57 heavy (non-hydrogen) atoms. The number of terminal acetylenes is 3. The normalized spacial score (nSPS) is 11.6. The fourth-order valence-corrected chi connectivity index (χ4v) is 8.15. The summed E-state index contributed by atoms with van der Waals surface area (Å²) in [5.74, 6) is 8.26. The average molecular weight is 729 g/mol. The number of rotatable bonds is 4. The quantitative estimate of drug-likeness (QED) is 0.177. The lowest BCUT2D eigenvalue weighted by molar-refractivity contribution is 1.28. The van der Waals surface area contributed by atoms with Crippen LogP contribution in [0.5, 0.6) is 0 Å². The molecule has 0 unspecified atom stereocenters. The number of nitrogens with one attached hydrogen (secondary N) is 2. The standard InChI is InChI=1S/C53H36N4/c1-7-35-10-16-38(17-11-35)50-41-22-24-43(54-41)51(39-18-12-36(8-2)13-19-39)45-26-28-47(56-45)53(49-33(5)30-32(4)31-34(49)6)48-29-27-46(57-48)52(44-25-23-42(50)55-44)40-20-14-37(9-3)15-21-40/h1-3,10-31,54,57H,4-6H3. The number of aromatic amines is 2. The highest BCUT2D eigenvalue weighted by atomic mass is 14.8. The summed E-state index contributed by atoms with van der Waals surface area (Å²) in [5.41, 5.74) is 21.0. The molecule has 0 saturated carbocycles. The highest BCUT2D eigenvalue weighted by molar-refractivity contribution is 6.00. The second-order valence-corrected chi connectivity index (χ2v) is 14.4. The topological polar surface area (TPSA) is 57.4 Å². The Morgan fingerprint density at radius 1 is 0.386 bits per heavy atom. The Labute approximate surface area is 332 Å². The van der Waals surface area contributed by atoms with Gasteiger partial charge in [0.15, 0.2) is 0 Å². The van der Waals surface area contributed by atoms with Crippen molar-refractivity contribution in [2.24, 2.45) is 0 Å². The molecule has 2 aliphatic rings. The summed E-state index contributed by atoms with van der Waals surface area (Å²) in [7, 11) is 0. The van der Waals surface area contributed by atoms with E-state index in [-0.39, 0.29) is 0 Å². The third-order valence-electron chi connectivity index (χ3n) is 10.7. The lowest BCUT2D eigenvalue weighted by Crippen LogP contribution is -1.94. The van der Waals surface area contributed by atoms with Crippen molar-refractivity contribution in [1.82, 2.24) is 19.9 Å². The Hall–Kier alpha value is -7.84. The van der Waals surface area contributed by atoms with Gasteiger partial charge in [-0.2, -0.15) is 0 Å². The van der Waals surface area contributed by atoms with Gasteiger partial charge in [-0.1, -0.05) is 71.9 Å². The molecular weight excluding hydrogens is 693 g/mol. The van der Waals surface area contributed by atoms with E-state index in [2.05, 4.69) is 146 Å². The van der Waals surface area contributed by atoms with Crippen molar-refractivity contribution in [2.75, 3.05) is 0 Å². The molecule has 0 amide bonds. The average Bonchev–Trinajstić information content (AvgIpc) is 4.07. The van der Waals surface area contributed by atoms with Gasteiger partial charge >= 0.3 is 0 Å². The fourth-order valence-electron chi connectivity index (χ4n) is 8.15. The molecule has 0 aliphatic carbocycles. The number of hydrogen-bond acceptors (Lipinski definition) is 2. The number of aryl methyl sites for hydroxylation is 3. The molecule has 0 spiro atoms. The van der Waals surface area contributed by atoms with Gasteiger partial charge in [0.2, 0.25) is 0 Å². The van der Waals surface area contributed by atoms with E-state index in [0.29, 0.717) is 0 Å². The van der Waals surface area contributed by atoms with Crippen molar-refractivity contribution in [2.45, 2.75) is 20.8 Å². The molecule has 0 saturated heterocycles. The maximum absolute atomic E-state index is 5.79. The van der Waals surface area contributed by atoms with Crippen molar-refractivity contribution in [3.05, 3.63) is 165 Å². The van der Waals surface area contributed by atoms with Crippen LogP contribution in [-0.4, -0.2) is 19.9 Å². The van der Waals surface area contributed by atoms with Crippen molar-refractivity contribution in [3.63, 3.8) is 0 Å². The summed E-state index contributed by atoms with van der Waals surface area (Å²) >= 11 is 0. The third-order valence-corrected chi connectivity index (χ3v) is 10.7. The van der Waals surface area contributed by atoms with Gasteiger partial charge in [0, 0.05) is 61.0 Å². The van der Waals surface area contributed by atoms with Gasteiger partial charge in [-0.3, -0.25) is 0 Å². The van der Waals surface area contributed by atoms with Crippen LogP contribution in [0.15, 0.2) is 109 Å². The third kappa shape index (κ3) is 6.25. The maximum Gasteiger partial charge on any atom is 0.0737 e. The van der Waals surface area contributed by atoms with E-state index in [4.69, 9.17) is 29.2 Å². The number of nitrogens with zero attached hydrogens (tertiary/aromatic N) is 2. The molecule has 0 fully saturated rings. The Morgan fingerprint density at radius 2 is 0.684 bits per heavy atom. The van der Waals surface area contributed by atoms with Crippen molar-refractivity contribution in [3.8, 4) is 81.5 Å². The van der Waals surface area contributed by atoms with E-state index in [1.807, 2.05) is 36.4 Å². The van der Waals surface area contributed by atoms with E-state index < -0.39 is 0 Å². The first-order chi connectivity index (χ1) is 27.8. The first-order valence-electron chi connectivity index (χ1n) is 18.8. The van der Waals surface area contributed by atoms with Gasteiger partial charge in [-0.05, 0) is 139 Å². The van der Waals surface area contributed by atoms with E-state index in [9.17, 15) is 0 Å². The summed E-state index contributed by atoms with van der Waals surface area (Å²) in [6, 6.07) is 37.2. The van der Waals surface area contributed by atoms with E-state index in [0.717, 1.165) is 106 Å². The molecule has 5 heterocycles. The monoisotopic (exact) mass is 728 g/mol. The largest absolute Gasteiger partial charge is 0.354 e. The number of benzene rings is 4. The highest BCUT2D eigenvalue weighted by Crippen LogP contribution is 2.40. The van der Waals surface area contributed by atoms with Crippen molar-refractivity contribution >= 4 is 46.4 Å². The van der Waals surface area contributed by atoms with Gasteiger partial charge in [-0.15, -0.1) is 19.3 Å². The fraction of sp³-hybridized carbons (Fsp3) is 0.0566. The first kappa shape index (κ1) is 34.9. The van der Waals surface area contributed by atoms with Gasteiger partial charge in [-0.25, -0.2) is 9.97 Å². The molecule has 4 nitrogen and oxygen atoms in total. The molecule has 268 valence electrons.